The fourth-order valence-electron chi connectivity index (χ4n) is 2.39. The van der Waals surface area contributed by atoms with Gasteiger partial charge in [0, 0.05) is 20.1 Å². The third-order valence-corrected chi connectivity index (χ3v) is 6.00. The largest absolute Gasteiger partial charge is 0.493 e. The highest BCUT2D eigenvalue weighted by molar-refractivity contribution is 9.10. The van der Waals surface area contributed by atoms with E-state index in [9.17, 15) is 9.59 Å². The Balaban J connectivity index is 1.82. The molecule has 0 saturated carbocycles. The average Bonchev–Trinajstić information content (AvgIpc) is 2.92. The van der Waals surface area contributed by atoms with Gasteiger partial charge in [0.1, 0.15) is 5.75 Å². The molecule has 0 unspecified atom stereocenters. The van der Waals surface area contributed by atoms with Gasteiger partial charge in [-0.05, 0) is 67.7 Å². The number of amides is 2. The first-order valence-corrected chi connectivity index (χ1v) is 11.0. The van der Waals surface area contributed by atoms with Crippen molar-refractivity contribution in [1.29, 1.82) is 0 Å². The van der Waals surface area contributed by atoms with Crippen LogP contribution in [0.5, 0.6) is 5.75 Å². The second-order valence-corrected chi connectivity index (χ2v) is 9.09. The quantitative estimate of drug-likeness (QED) is 0.418. The average molecular weight is 542 g/mol. The number of benzene rings is 2. The minimum absolute atomic E-state index is 0.259. The molecule has 1 saturated heterocycles. The number of hydrogen-bond acceptors (Lipinski definition) is 5. The minimum atomic E-state index is -0.414. The molecular weight excluding hydrogens is 528 g/mol. The number of rotatable bonds is 5. The number of halogens is 2. The molecule has 2 amide bonds. The molecule has 0 spiro atoms. The highest BCUT2D eigenvalue weighted by Gasteiger charge is 2.34. The zero-order chi connectivity index (χ0) is 20.3. The third-order valence-electron chi connectivity index (χ3n) is 3.67. The van der Waals surface area contributed by atoms with E-state index in [1.165, 1.54) is 0 Å². The van der Waals surface area contributed by atoms with E-state index in [2.05, 4.69) is 37.3 Å². The lowest BCUT2D eigenvalue weighted by molar-refractivity contribution is -0.123. The van der Waals surface area contributed by atoms with Crippen LogP contribution in [0.1, 0.15) is 22.8 Å². The van der Waals surface area contributed by atoms with Crippen LogP contribution in [0.15, 0.2) is 56.3 Å². The number of ether oxygens (including phenoxy) is 1. The molecule has 1 aliphatic heterocycles. The summed E-state index contributed by atoms with van der Waals surface area (Å²) in [7, 11) is 0. The number of carbonyl (C=O) groups is 2. The van der Waals surface area contributed by atoms with Crippen molar-refractivity contribution in [2.75, 3.05) is 6.61 Å². The zero-order valence-corrected chi connectivity index (χ0v) is 19.4. The highest BCUT2D eigenvalue weighted by Crippen LogP contribution is 2.34. The molecule has 1 aliphatic rings. The van der Waals surface area contributed by atoms with Gasteiger partial charge in [-0.1, -0.05) is 43.6 Å². The molecule has 0 radical (unpaired) electrons. The monoisotopic (exact) mass is 540 g/mol. The lowest BCUT2D eigenvalue weighted by Crippen LogP contribution is -2.44. The number of hydrazine groups is 1. The Bertz CT molecular complexity index is 978. The number of thiocarbonyl (C=S) groups is 1. The number of nitrogens with one attached hydrogen (secondary N) is 1. The molecule has 9 heteroatoms. The molecule has 2 aromatic rings. The number of hydrogen-bond donors (Lipinski definition) is 1. The summed E-state index contributed by atoms with van der Waals surface area (Å²) in [6.45, 7) is 2.40. The van der Waals surface area contributed by atoms with Crippen molar-refractivity contribution in [3.8, 4) is 5.75 Å². The molecule has 0 atom stereocenters. The van der Waals surface area contributed by atoms with E-state index in [1.807, 2.05) is 25.1 Å². The zero-order valence-electron chi connectivity index (χ0n) is 14.6. The van der Waals surface area contributed by atoms with Gasteiger partial charge in [-0.15, -0.1) is 0 Å². The maximum absolute atomic E-state index is 12.8. The van der Waals surface area contributed by atoms with Crippen LogP contribution in [0, 0.1) is 0 Å². The van der Waals surface area contributed by atoms with E-state index in [-0.39, 0.29) is 10.2 Å². The van der Waals surface area contributed by atoms with Gasteiger partial charge in [-0.3, -0.25) is 15.0 Å². The molecule has 0 aromatic heterocycles. The Morgan fingerprint density at radius 2 is 1.89 bits per heavy atom. The Labute approximate surface area is 188 Å². The Morgan fingerprint density at radius 3 is 2.57 bits per heavy atom. The number of carbonyl (C=O) groups excluding carboxylic acids is 2. The van der Waals surface area contributed by atoms with Crippen molar-refractivity contribution in [2.45, 2.75) is 6.92 Å². The molecule has 1 N–H and O–H groups in total. The van der Waals surface area contributed by atoms with Crippen LogP contribution >= 0.6 is 55.8 Å². The van der Waals surface area contributed by atoms with Crippen molar-refractivity contribution in [2.24, 2.45) is 0 Å². The van der Waals surface area contributed by atoms with Crippen LogP contribution in [0.25, 0.3) is 6.08 Å². The first-order chi connectivity index (χ1) is 13.4. The van der Waals surface area contributed by atoms with Crippen LogP contribution in [0.4, 0.5) is 0 Å². The summed E-state index contributed by atoms with van der Waals surface area (Å²) < 4.78 is 7.60. The van der Waals surface area contributed by atoms with E-state index >= 15 is 0 Å². The van der Waals surface area contributed by atoms with E-state index in [4.69, 9.17) is 17.0 Å². The van der Waals surface area contributed by atoms with Gasteiger partial charge in [-0.2, -0.15) is 5.01 Å². The predicted octanol–water partition coefficient (Wildman–Crippen LogP) is 5.16. The molecule has 1 heterocycles. The van der Waals surface area contributed by atoms with Crippen LogP contribution in [0.2, 0.25) is 0 Å². The third kappa shape index (κ3) is 4.83. The molecule has 0 bridgehead atoms. The molecule has 1 fully saturated rings. The maximum Gasteiger partial charge on any atom is 0.285 e. The van der Waals surface area contributed by atoms with Gasteiger partial charge >= 0.3 is 0 Å². The van der Waals surface area contributed by atoms with Crippen molar-refractivity contribution in [1.82, 2.24) is 10.4 Å². The normalized spacial score (nSPS) is 15.2. The van der Waals surface area contributed by atoms with Crippen molar-refractivity contribution in [3.63, 3.8) is 0 Å². The predicted molar refractivity (Wildman–Crippen MR) is 122 cm³/mol. The second-order valence-electron chi connectivity index (χ2n) is 5.58. The SMILES string of the molecule is CCOc1ccc(Br)cc1/C=C1/SC(=S)N(NC(=O)c2ccc(Br)cc2)C1=O. The Kier molecular flexibility index (Phi) is 6.92. The maximum atomic E-state index is 12.8. The molecule has 2 aromatic carbocycles. The molecule has 5 nitrogen and oxygen atoms in total. The van der Waals surface area contributed by atoms with Gasteiger partial charge in [0.05, 0.1) is 11.5 Å². The van der Waals surface area contributed by atoms with Gasteiger partial charge < -0.3 is 4.74 Å². The van der Waals surface area contributed by atoms with Gasteiger partial charge in [-0.25, -0.2) is 0 Å². The fourth-order valence-corrected chi connectivity index (χ4v) is 4.21. The summed E-state index contributed by atoms with van der Waals surface area (Å²) >= 11 is 13.1. The van der Waals surface area contributed by atoms with Crippen LogP contribution in [-0.2, 0) is 4.79 Å². The summed E-state index contributed by atoms with van der Waals surface area (Å²) in [5.74, 6) is -0.139. The summed E-state index contributed by atoms with van der Waals surface area (Å²) in [5.41, 5.74) is 3.74. The first-order valence-electron chi connectivity index (χ1n) is 8.16. The van der Waals surface area contributed by atoms with E-state index < -0.39 is 5.91 Å². The molecule has 28 heavy (non-hydrogen) atoms. The summed E-state index contributed by atoms with van der Waals surface area (Å²) in [6.07, 6.45) is 1.71. The molecule has 144 valence electrons. The standard InChI is InChI=1S/C19H14Br2N2O3S2/c1-2-26-15-8-7-14(21)9-12(15)10-16-18(25)23(19(27)28-16)22-17(24)11-3-5-13(20)6-4-11/h3-10H,2H2,1H3,(H,22,24)/b16-10+. The second kappa shape index (κ2) is 9.21. The molecule has 3 rings (SSSR count). The summed E-state index contributed by atoms with van der Waals surface area (Å²) in [5, 5.41) is 1.09. The molecule has 0 aliphatic carbocycles. The minimum Gasteiger partial charge on any atom is -0.493 e. The van der Waals surface area contributed by atoms with E-state index in [0.717, 1.165) is 31.3 Å². The van der Waals surface area contributed by atoms with Crippen LogP contribution in [-0.4, -0.2) is 27.8 Å². The van der Waals surface area contributed by atoms with Gasteiger partial charge in [0.15, 0.2) is 4.32 Å². The van der Waals surface area contributed by atoms with Crippen molar-refractivity contribution < 1.29 is 14.3 Å². The fraction of sp³-hybridized carbons (Fsp3) is 0.105. The Morgan fingerprint density at radius 1 is 1.21 bits per heavy atom. The first kappa shape index (κ1) is 21.0. The van der Waals surface area contributed by atoms with E-state index in [1.54, 1.807) is 30.3 Å². The van der Waals surface area contributed by atoms with E-state index in [0.29, 0.717) is 22.8 Å². The van der Waals surface area contributed by atoms with Crippen LogP contribution < -0.4 is 10.2 Å². The van der Waals surface area contributed by atoms with Crippen molar-refractivity contribution >= 4 is 78.1 Å². The van der Waals surface area contributed by atoms with Crippen molar-refractivity contribution in [3.05, 3.63) is 67.4 Å². The topological polar surface area (TPSA) is 58.6 Å². The van der Waals surface area contributed by atoms with Gasteiger partial charge in [0.2, 0.25) is 0 Å². The number of thioether (sulfide) groups is 1. The van der Waals surface area contributed by atoms with Crippen LogP contribution in [0.3, 0.4) is 0 Å². The smallest absolute Gasteiger partial charge is 0.285 e. The lowest BCUT2D eigenvalue weighted by atomic mass is 10.2. The highest BCUT2D eigenvalue weighted by atomic mass is 79.9. The summed E-state index contributed by atoms with van der Waals surface area (Å²) in [4.78, 5) is 25.6. The Hall–Kier alpha value is -1.68. The summed E-state index contributed by atoms with van der Waals surface area (Å²) in [6, 6.07) is 12.4. The molecular formula is C19H14Br2N2O3S2. The van der Waals surface area contributed by atoms with Gasteiger partial charge in [0.25, 0.3) is 11.8 Å². The number of nitrogens with zero attached hydrogens (tertiary/aromatic N) is 1. The lowest BCUT2D eigenvalue weighted by Gasteiger charge is -2.15.